The first-order chi connectivity index (χ1) is 31.0. The van der Waals surface area contributed by atoms with Gasteiger partial charge >= 0.3 is 0 Å². The zero-order valence-electron chi connectivity index (χ0n) is 35.3. The van der Waals surface area contributed by atoms with Gasteiger partial charge in [0.1, 0.15) is 8.07 Å². The number of nitrogens with zero attached hydrogens (tertiary/aromatic N) is 2. The van der Waals surface area contributed by atoms with Crippen molar-refractivity contribution < 1.29 is 0 Å². The van der Waals surface area contributed by atoms with Gasteiger partial charge in [0.15, 0.2) is 5.82 Å². The Morgan fingerprint density at radius 1 is 0.286 bits per heavy atom. The quantitative estimate of drug-likeness (QED) is 0.143. The average Bonchev–Trinajstić information content (AvgIpc) is 3.60. The summed E-state index contributed by atoms with van der Waals surface area (Å²) in [7, 11) is -2.12. The molecule has 298 valence electrons. The van der Waals surface area contributed by atoms with Gasteiger partial charge in [0.25, 0.3) is 0 Å². The Morgan fingerprint density at radius 3 is 1.17 bits per heavy atom. The van der Waals surface area contributed by atoms with Gasteiger partial charge in [0, 0.05) is 22.0 Å². The zero-order chi connectivity index (χ0) is 42.3. The van der Waals surface area contributed by atoms with Crippen LogP contribution in [0.5, 0.6) is 0 Å². The largest absolute Gasteiger partial charge is 0.237 e. The lowest BCUT2D eigenvalue weighted by molar-refractivity contribution is 1.21. The number of hydrogen-bond donors (Lipinski definition) is 0. The van der Waals surface area contributed by atoms with Gasteiger partial charge in [-0.3, -0.25) is 0 Å². The molecule has 1 aliphatic heterocycles. The van der Waals surface area contributed by atoms with E-state index in [1.165, 1.54) is 77.3 Å². The molecular formula is C60H44N2Si. The molecule has 0 saturated heterocycles. The lowest BCUT2D eigenvalue weighted by Crippen LogP contribution is -2.50. The van der Waals surface area contributed by atoms with E-state index in [1.807, 2.05) is 0 Å². The molecule has 2 heterocycles. The molecule has 0 fully saturated rings. The Kier molecular flexibility index (Phi) is 9.68. The first-order valence-electron chi connectivity index (χ1n) is 21.7. The molecule has 3 heteroatoms. The van der Waals surface area contributed by atoms with Crippen LogP contribution in [0.25, 0.3) is 101 Å². The summed E-state index contributed by atoms with van der Waals surface area (Å²) in [6.45, 7) is 4.85. The molecule has 0 atom stereocenters. The van der Waals surface area contributed by atoms with Gasteiger partial charge in [-0.1, -0.05) is 207 Å². The van der Waals surface area contributed by atoms with Crippen LogP contribution in [0.2, 0.25) is 13.1 Å². The van der Waals surface area contributed by atoms with Crippen LogP contribution in [0, 0.1) is 0 Å². The molecule has 10 aromatic rings. The lowest BCUT2D eigenvalue weighted by Gasteiger charge is -2.19. The van der Waals surface area contributed by atoms with E-state index in [2.05, 4.69) is 244 Å². The van der Waals surface area contributed by atoms with Crippen molar-refractivity contribution >= 4 is 18.6 Å². The van der Waals surface area contributed by atoms with Crippen LogP contribution >= 0.6 is 0 Å². The maximum absolute atomic E-state index is 5.49. The van der Waals surface area contributed by atoms with Gasteiger partial charge in [0.2, 0.25) is 0 Å². The second-order valence-corrected chi connectivity index (χ2v) is 21.3. The molecule has 1 aliphatic rings. The number of hydrogen-bond acceptors (Lipinski definition) is 2. The highest BCUT2D eigenvalue weighted by Gasteiger charge is 2.41. The van der Waals surface area contributed by atoms with Crippen molar-refractivity contribution in [3.8, 4) is 101 Å². The fourth-order valence-corrected chi connectivity index (χ4v) is 12.2. The second kappa shape index (κ2) is 16.0. The van der Waals surface area contributed by atoms with Crippen LogP contribution in [-0.2, 0) is 0 Å². The Morgan fingerprint density at radius 2 is 0.635 bits per heavy atom. The molecule has 0 radical (unpaired) electrons. The topological polar surface area (TPSA) is 25.8 Å². The van der Waals surface area contributed by atoms with E-state index in [4.69, 9.17) is 9.97 Å². The predicted octanol–water partition coefficient (Wildman–Crippen LogP) is 14.6. The van der Waals surface area contributed by atoms with Gasteiger partial charge in [-0.15, -0.1) is 0 Å². The molecular weight excluding hydrogens is 777 g/mol. The van der Waals surface area contributed by atoms with Crippen LogP contribution in [0.1, 0.15) is 0 Å². The molecule has 1 aromatic heterocycles. The summed E-state index contributed by atoms with van der Waals surface area (Å²) in [4.78, 5) is 11.0. The predicted molar refractivity (Wildman–Crippen MR) is 268 cm³/mol. The number of benzene rings is 9. The second-order valence-electron chi connectivity index (χ2n) is 17.0. The number of aromatic nitrogens is 2. The van der Waals surface area contributed by atoms with Gasteiger partial charge in [-0.05, 0) is 114 Å². The Bertz CT molecular complexity index is 3230. The number of rotatable bonds is 8. The molecule has 0 spiro atoms. The minimum Gasteiger partial charge on any atom is -0.237 e. The van der Waals surface area contributed by atoms with E-state index in [1.54, 1.807) is 0 Å². The Hall–Kier alpha value is -7.72. The van der Waals surface area contributed by atoms with Gasteiger partial charge in [-0.2, -0.15) is 0 Å². The maximum atomic E-state index is 5.49. The highest BCUT2D eigenvalue weighted by Crippen LogP contribution is 2.39. The summed E-state index contributed by atoms with van der Waals surface area (Å²) >= 11 is 0. The van der Waals surface area contributed by atoms with E-state index in [-0.39, 0.29) is 0 Å². The van der Waals surface area contributed by atoms with Crippen molar-refractivity contribution in [2.75, 3.05) is 0 Å². The maximum Gasteiger partial charge on any atom is 0.159 e. The SMILES string of the molecule is C[Si]1(C)c2ccccc2-c2c(-c3cccc(-c4ccccc4)c3)nc(-c3cccc(-c4cccc(-c5ccc(-c6cc(-c7ccccc7)cc(-c7ccccc7)c6)cc5)c4)c3)nc21. The van der Waals surface area contributed by atoms with E-state index >= 15 is 0 Å². The third kappa shape index (κ3) is 7.23. The fraction of sp³-hybridized carbons (Fsp3) is 0.0333. The monoisotopic (exact) mass is 820 g/mol. The number of fused-ring (bicyclic) bond motifs is 3. The third-order valence-electron chi connectivity index (χ3n) is 12.6. The summed E-state index contributed by atoms with van der Waals surface area (Å²) < 4.78 is 0. The summed E-state index contributed by atoms with van der Waals surface area (Å²) in [5.41, 5.74) is 19.8. The zero-order valence-corrected chi connectivity index (χ0v) is 36.3. The van der Waals surface area contributed by atoms with E-state index in [0.717, 1.165) is 33.8 Å². The van der Waals surface area contributed by atoms with Crippen molar-refractivity contribution in [3.05, 3.63) is 231 Å². The normalized spacial score (nSPS) is 12.4. The molecule has 0 aliphatic carbocycles. The lowest BCUT2D eigenvalue weighted by atomic mass is 9.92. The van der Waals surface area contributed by atoms with Crippen molar-refractivity contribution in [1.82, 2.24) is 9.97 Å². The standard InChI is InChI=1S/C60H44N2Si/c1-63(2)56-30-13-12-29-55(56)57-58(50-27-15-24-47(36-50)41-17-6-3-7-18-41)61-59(62-60(57)63)51-28-16-26-49(37-51)48-25-14-23-46(35-48)44-31-33-45(34-32-44)54-39-52(42-19-8-4-9-20-42)38-53(40-54)43-21-10-5-11-22-43/h3-40H,1-2H3. The molecule has 0 bridgehead atoms. The van der Waals surface area contributed by atoms with Crippen molar-refractivity contribution in [2.24, 2.45) is 0 Å². The summed E-state index contributed by atoms with van der Waals surface area (Å²) in [5, 5.41) is 2.62. The Labute approximate surface area is 370 Å². The molecule has 63 heavy (non-hydrogen) atoms. The molecule has 0 unspecified atom stereocenters. The molecule has 0 N–H and O–H groups in total. The van der Waals surface area contributed by atoms with Gasteiger partial charge in [0.05, 0.1) is 5.69 Å². The van der Waals surface area contributed by atoms with Gasteiger partial charge < -0.3 is 0 Å². The summed E-state index contributed by atoms with van der Waals surface area (Å²) in [6, 6.07) is 83.1. The van der Waals surface area contributed by atoms with E-state index in [0.29, 0.717) is 0 Å². The highest BCUT2D eigenvalue weighted by molar-refractivity contribution is 7.03. The van der Waals surface area contributed by atoms with Crippen molar-refractivity contribution in [1.29, 1.82) is 0 Å². The molecule has 0 saturated carbocycles. The molecule has 11 rings (SSSR count). The van der Waals surface area contributed by atoms with Crippen LogP contribution in [0.4, 0.5) is 0 Å². The summed E-state index contributed by atoms with van der Waals surface area (Å²) in [5.74, 6) is 0.766. The summed E-state index contributed by atoms with van der Waals surface area (Å²) in [6.07, 6.45) is 0. The molecule has 0 amide bonds. The van der Waals surface area contributed by atoms with E-state index < -0.39 is 8.07 Å². The van der Waals surface area contributed by atoms with Crippen molar-refractivity contribution in [3.63, 3.8) is 0 Å². The van der Waals surface area contributed by atoms with Crippen LogP contribution in [0.15, 0.2) is 231 Å². The highest BCUT2D eigenvalue weighted by atomic mass is 28.3. The molecule has 2 nitrogen and oxygen atoms in total. The average molecular weight is 821 g/mol. The van der Waals surface area contributed by atoms with E-state index in [9.17, 15) is 0 Å². The van der Waals surface area contributed by atoms with Crippen LogP contribution < -0.4 is 10.5 Å². The van der Waals surface area contributed by atoms with Gasteiger partial charge in [-0.25, -0.2) is 9.97 Å². The van der Waals surface area contributed by atoms with Crippen LogP contribution in [-0.4, -0.2) is 18.0 Å². The minimum atomic E-state index is -2.12. The Balaban J connectivity index is 0.948. The first kappa shape index (κ1) is 38.2. The molecule has 9 aromatic carbocycles. The fourth-order valence-electron chi connectivity index (χ4n) is 9.32. The third-order valence-corrected chi connectivity index (χ3v) is 16.0. The van der Waals surface area contributed by atoms with Crippen LogP contribution in [0.3, 0.4) is 0 Å². The first-order valence-corrected chi connectivity index (χ1v) is 24.7. The van der Waals surface area contributed by atoms with Crippen molar-refractivity contribution in [2.45, 2.75) is 13.1 Å². The minimum absolute atomic E-state index is 0.766. The smallest absolute Gasteiger partial charge is 0.159 e.